The van der Waals surface area contributed by atoms with Crippen LogP contribution in [0.1, 0.15) is 29.5 Å². The molecule has 0 atom stereocenters. The van der Waals surface area contributed by atoms with Crippen molar-refractivity contribution in [1.29, 1.82) is 0 Å². The number of nitrogens with zero attached hydrogens (tertiary/aromatic N) is 2. The first-order valence-electron chi connectivity index (χ1n) is 11.6. The molecule has 1 aliphatic carbocycles. The Kier molecular flexibility index (Phi) is 5.09. The SMILES string of the molecule is O=C1CN(c2c(OCc3ccccc3)cc3c(c2F)CN(C2CC4(CNC4)C2)CC3)S(=O)(=O)N1. The number of fused-ring (bicyclic) bond motifs is 1. The average Bonchev–Trinajstić information content (AvgIpc) is 3.03. The molecule has 0 radical (unpaired) electrons. The maximum atomic E-state index is 16.1. The Morgan fingerprint density at radius 1 is 1.15 bits per heavy atom. The number of benzene rings is 2. The van der Waals surface area contributed by atoms with E-state index in [2.05, 4.69) is 10.2 Å². The molecule has 4 aliphatic rings. The van der Waals surface area contributed by atoms with Crippen molar-refractivity contribution in [3.8, 4) is 5.75 Å². The van der Waals surface area contributed by atoms with Gasteiger partial charge in [-0.2, -0.15) is 8.42 Å². The lowest BCUT2D eigenvalue weighted by atomic mass is 9.61. The Bertz CT molecular complexity index is 1240. The van der Waals surface area contributed by atoms with Crippen molar-refractivity contribution >= 4 is 21.8 Å². The minimum atomic E-state index is -4.19. The molecule has 0 bridgehead atoms. The largest absolute Gasteiger partial charge is 0.487 e. The summed E-state index contributed by atoms with van der Waals surface area (Å²) in [4.78, 5) is 14.2. The molecule has 2 saturated heterocycles. The van der Waals surface area contributed by atoms with Gasteiger partial charge in [0.15, 0.2) is 5.82 Å². The van der Waals surface area contributed by atoms with Crippen molar-refractivity contribution in [2.45, 2.75) is 38.5 Å². The summed E-state index contributed by atoms with van der Waals surface area (Å²) in [5.74, 6) is -1.18. The first-order valence-corrected chi connectivity index (χ1v) is 13.1. The highest BCUT2D eigenvalue weighted by Gasteiger charge is 2.50. The lowest BCUT2D eigenvalue weighted by Crippen LogP contribution is -2.65. The van der Waals surface area contributed by atoms with Gasteiger partial charge in [0.25, 0.3) is 5.91 Å². The van der Waals surface area contributed by atoms with E-state index in [0.29, 0.717) is 30.0 Å². The summed E-state index contributed by atoms with van der Waals surface area (Å²) in [6.45, 7) is 3.06. The lowest BCUT2D eigenvalue weighted by Gasteiger charge is -2.57. The smallest absolute Gasteiger partial charge is 0.326 e. The molecule has 2 aromatic carbocycles. The molecule has 6 rings (SSSR count). The first-order chi connectivity index (χ1) is 16.3. The van der Waals surface area contributed by atoms with Crippen molar-refractivity contribution in [2.75, 3.05) is 30.5 Å². The van der Waals surface area contributed by atoms with Crippen molar-refractivity contribution in [3.63, 3.8) is 0 Å². The Labute approximate surface area is 198 Å². The van der Waals surface area contributed by atoms with Crippen molar-refractivity contribution in [3.05, 3.63) is 58.9 Å². The molecule has 0 unspecified atom stereocenters. The fourth-order valence-corrected chi connectivity index (χ4v) is 6.81. The summed E-state index contributed by atoms with van der Waals surface area (Å²) >= 11 is 0. The second kappa shape index (κ2) is 7.93. The molecule has 10 heteroatoms. The van der Waals surface area contributed by atoms with E-state index in [0.717, 1.165) is 47.9 Å². The third-order valence-electron chi connectivity index (χ3n) is 7.59. The number of anilines is 1. The van der Waals surface area contributed by atoms with Crippen LogP contribution in [-0.2, 0) is 34.6 Å². The maximum absolute atomic E-state index is 16.1. The molecule has 180 valence electrons. The van der Waals surface area contributed by atoms with Crippen molar-refractivity contribution < 1.29 is 22.3 Å². The molecule has 1 spiro atoms. The van der Waals surface area contributed by atoms with Gasteiger partial charge in [0, 0.05) is 37.8 Å². The molecule has 1 amide bonds. The van der Waals surface area contributed by atoms with Gasteiger partial charge in [-0.3, -0.25) is 9.69 Å². The highest BCUT2D eigenvalue weighted by atomic mass is 32.2. The number of nitrogens with one attached hydrogen (secondary N) is 2. The standard InChI is InChI=1S/C24H27FN4O4S/c25-22-19-11-28(18-9-24(10-18)14-26-15-24)7-6-17(19)8-20(33-13-16-4-2-1-3-5-16)23(22)29-12-21(30)27-34(29,31)32/h1-5,8,18,26H,6-7,9-15H2,(H,27,30). The van der Waals surface area contributed by atoms with E-state index in [1.165, 1.54) is 0 Å². The van der Waals surface area contributed by atoms with Crippen molar-refractivity contribution in [1.82, 2.24) is 14.9 Å². The molecule has 34 heavy (non-hydrogen) atoms. The number of carbonyl (C=O) groups is 1. The van der Waals surface area contributed by atoms with Crippen LogP contribution in [-0.4, -0.2) is 51.4 Å². The molecular formula is C24H27FN4O4S. The summed E-state index contributed by atoms with van der Waals surface area (Å²) in [7, 11) is -4.19. The topological polar surface area (TPSA) is 91.0 Å². The Morgan fingerprint density at radius 2 is 1.91 bits per heavy atom. The number of halogens is 1. The summed E-state index contributed by atoms with van der Waals surface area (Å²) in [5.41, 5.74) is 2.43. The number of rotatable bonds is 5. The van der Waals surface area contributed by atoms with Crippen LogP contribution in [0.25, 0.3) is 0 Å². The van der Waals surface area contributed by atoms with E-state index in [1.807, 2.05) is 35.1 Å². The van der Waals surface area contributed by atoms with Crippen LogP contribution >= 0.6 is 0 Å². The molecule has 1 saturated carbocycles. The molecule has 3 heterocycles. The monoisotopic (exact) mass is 486 g/mol. The predicted octanol–water partition coefficient (Wildman–Crippen LogP) is 1.70. The Balaban J connectivity index is 1.33. The molecular weight excluding hydrogens is 459 g/mol. The molecule has 3 fully saturated rings. The lowest BCUT2D eigenvalue weighted by molar-refractivity contribution is -0.117. The van der Waals surface area contributed by atoms with Gasteiger partial charge in [-0.25, -0.2) is 13.4 Å². The van der Waals surface area contributed by atoms with E-state index in [1.54, 1.807) is 6.07 Å². The number of hydrogen-bond donors (Lipinski definition) is 2. The fourth-order valence-electron chi connectivity index (χ4n) is 5.65. The summed E-state index contributed by atoms with van der Waals surface area (Å²) in [5, 5.41) is 3.34. The third-order valence-corrected chi connectivity index (χ3v) is 8.97. The van der Waals surface area contributed by atoms with Gasteiger partial charge in [-0.1, -0.05) is 30.3 Å². The number of ether oxygens (including phenoxy) is 1. The van der Waals surface area contributed by atoms with Crippen LogP contribution in [0, 0.1) is 11.2 Å². The number of amides is 1. The minimum Gasteiger partial charge on any atom is -0.487 e. The molecule has 0 aromatic heterocycles. The van der Waals surface area contributed by atoms with E-state index in [4.69, 9.17) is 4.74 Å². The van der Waals surface area contributed by atoms with Crippen LogP contribution < -0.4 is 19.1 Å². The second-order valence-electron chi connectivity index (χ2n) is 9.87. The predicted molar refractivity (Wildman–Crippen MR) is 124 cm³/mol. The molecule has 3 aliphatic heterocycles. The first kappa shape index (κ1) is 21.8. The van der Waals surface area contributed by atoms with Gasteiger partial charge in [0.1, 0.15) is 24.6 Å². The molecule has 2 N–H and O–H groups in total. The van der Waals surface area contributed by atoms with E-state index < -0.39 is 28.5 Å². The Hall–Kier alpha value is -2.69. The Morgan fingerprint density at radius 3 is 2.56 bits per heavy atom. The van der Waals surface area contributed by atoms with Gasteiger partial charge in [-0.15, -0.1) is 0 Å². The minimum absolute atomic E-state index is 0.136. The van der Waals surface area contributed by atoms with Crippen LogP contribution in [0.15, 0.2) is 36.4 Å². The van der Waals surface area contributed by atoms with Gasteiger partial charge in [0.2, 0.25) is 0 Å². The van der Waals surface area contributed by atoms with Gasteiger partial charge >= 0.3 is 10.2 Å². The second-order valence-corrected chi connectivity index (χ2v) is 11.5. The molecule has 8 nitrogen and oxygen atoms in total. The zero-order chi connectivity index (χ0) is 23.5. The van der Waals surface area contributed by atoms with Crippen LogP contribution in [0.4, 0.5) is 10.1 Å². The summed E-state index contributed by atoms with van der Waals surface area (Å²) in [6.07, 6.45) is 2.89. The van der Waals surface area contributed by atoms with E-state index in [-0.39, 0.29) is 18.0 Å². The number of carbonyl (C=O) groups excluding carboxylic acids is 1. The van der Waals surface area contributed by atoms with Crippen LogP contribution in [0.3, 0.4) is 0 Å². The zero-order valence-corrected chi connectivity index (χ0v) is 19.5. The van der Waals surface area contributed by atoms with Crippen LogP contribution in [0.2, 0.25) is 0 Å². The van der Waals surface area contributed by atoms with Gasteiger partial charge in [-0.05, 0) is 41.9 Å². The summed E-state index contributed by atoms with van der Waals surface area (Å²) in [6, 6.07) is 11.6. The van der Waals surface area contributed by atoms with E-state index in [9.17, 15) is 13.2 Å². The van der Waals surface area contributed by atoms with Gasteiger partial charge < -0.3 is 10.1 Å². The highest BCUT2D eigenvalue weighted by molar-refractivity contribution is 7.92. The fraction of sp³-hybridized carbons (Fsp3) is 0.458. The maximum Gasteiger partial charge on any atom is 0.326 e. The van der Waals surface area contributed by atoms with Crippen LogP contribution in [0.5, 0.6) is 5.75 Å². The summed E-state index contributed by atoms with van der Waals surface area (Å²) < 4.78 is 50.0. The average molecular weight is 487 g/mol. The van der Waals surface area contributed by atoms with Crippen molar-refractivity contribution in [2.24, 2.45) is 5.41 Å². The normalized spacial score (nSPS) is 23.2. The quantitative estimate of drug-likeness (QED) is 0.669. The van der Waals surface area contributed by atoms with E-state index >= 15 is 4.39 Å². The highest BCUT2D eigenvalue weighted by Crippen LogP contribution is 2.48. The number of hydrogen-bond acceptors (Lipinski definition) is 6. The van der Waals surface area contributed by atoms with Gasteiger partial charge in [0.05, 0.1) is 0 Å². The molecule has 2 aromatic rings. The zero-order valence-electron chi connectivity index (χ0n) is 18.7. The third kappa shape index (κ3) is 3.64.